The molecule has 102 valence electrons. The largest absolute Gasteiger partial charge is 0.401 e. The molecule has 0 atom stereocenters. The van der Waals surface area contributed by atoms with Crippen LogP contribution >= 0.6 is 11.6 Å². The van der Waals surface area contributed by atoms with E-state index < -0.39 is 12.7 Å². The minimum Gasteiger partial charge on any atom is -0.379 e. The number of halogens is 4. The summed E-state index contributed by atoms with van der Waals surface area (Å²) in [5.74, 6) is 0.221. The van der Waals surface area contributed by atoms with Crippen LogP contribution in [0.15, 0.2) is 0 Å². The van der Waals surface area contributed by atoms with Crippen LogP contribution in [0, 0.1) is 0 Å². The SMILES string of the molecule is FC(F)(F)CN(CCCl)CCN1CCOCC1. The van der Waals surface area contributed by atoms with Gasteiger partial charge in [0.15, 0.2) is 0 Å². The molecule has 0 aliphatic carbocycles. The first kappa shape index (κ1) is 15.0. The van der Waals surface area contributed by atoms with Gasteiger partial charge in [-0.2, -0.15) is 13.2 Å². The lowest BCUT2D eigenvalue weighted by Gasteiger charge is -2.30. The molecule has 0 saturated carbocycles. The van der Waals surface area contributed by atoms with Crippen molar-refractivity contribution in [2.75, 3.05) is 58.4 Å². The Morgan fingerprint density at radius 3 is 2.35 bits per heavy atom. The summed E-state index contributed by atoms with van der Waals surface area (Å²) >= 11 is 5.50. The van der Waals surface area contributed by atoms with Crippen molar-refractivity contribution >= 4 is 11.6 Å². The Labute approximate surface area is 104 Å². The van der Waals surface area contributed by atoms with Crippen molar-refractivity contribution in [3.8, 4) is 0 Å². The smallest absolute Gasteiger partial charge is 0.379 e. The number of ether oxygens (including phenoxy) is 1. The van der Waals surface area contributed by atoms with E-state index in [0.29, 0.717) is 26.3 Å². The van der Waals surface area contributed by atoms with E-state index >= 15 is 0 Å². The van der Waals surface area contributed by atoms with Crippen LogP contribution in [-0.4, -0.2) is 74.3 Å². The van der Waals surface area contributed by atoms with E-state index in [-0.39, 0.29) is 12.4 Å². The molecule has 7 heteroatoms. The summed E-state index contributed by atoms with van der Waals surface area (Å²) in [5, 5.41) is 0. The van der Waals surface area contributed by atoms with Crippen molar-refractivity contribution in [2.45, 2.75) is 6.18 Å². The van der Waals surface area contributed by atoms with Crippen LogP contribution in [0.5, 0.6) is 0 Å². The molecule has 1 aliphatic heterocycles. The van der Waals surface area contributed by atoms with Gasteiger partial charge in [-0.3, -0.25) is 9.80 Å². The highest BCUT2D eigenvalue weighted by atomic mass is 35.5. The minimum absolute atomic E-state index is 0.221. The maximum Gasteiger partial charge on any atom is 0.401 e. The fraction of sp³-hybridized carbons (Fsp3) is 1.00. The van der Waals surface area contributed by atoms with E-state index in [2.05, 4.69) is 4.90 Å². The quantitative estimate of drug-likeness (QED) is 0.682. The van der Waals surface area contributed by atoms with Gasteiger partial charge in [-0.1, -0.05) is 0 Å². The van der Waals surface area contributed by atoms with E-state index in [4.69, 9.17) is 16.3 Å². The topological polar surface area (TPSA) is 15.7 Å². The summed E-state index contributed by atoms with van der Waals surface area (Å²) in [4.78, 5) is 3.46. The van der Waals surface area contributed by atoms with Gasteiger partial charge < -0.3 is 4.74 Å². The summed E-state index contributed by atoms with van der Waals surface area (Å²) < 4.78 is 42.0. The number of hydrogen-bond donors (Lipinski definition) is 0. The van der Waals surface area contributed by atoms with Crippen molar-refractivity contribution in [2.24, 2.45) is 0 Å². The second-order valence-corrected chi connectivity index (χ2v) is 4.41. The summed E-state index contributed by atoms with van der Waals surface area (Å²) in [6, 6.07) is 0. The van der Waals surface area contributed by atoms with E-state index in [9.17, 15) is 13.2 Å². The third-order valence-corrected chi connectivity index (χ3v) is 2.81. The van der Waals surface area contributed by atoms with Gasteiger partial charge in [0.25, 0.3) is 0 Å². The summed E-state index contributed by atoms with van der Waals surface area (Å²) in [5.41, 5.74) is 0. The summed E-state index contributed by atoms with van der Waals surface area (Å²) in [6.07, 6.45) is -4.16. The highest BCUT2D eigenvalue weighted by molar-refractivity contribution is 6.18. The van der Waals surface area contributed by atoms with Crippen LogP contribution in [0.4, 0.5) is 13.2 Å². The average Bonchev–Trinajstić information content (AvgIpc) is 2.26. The molecule has 0 unspecified atom stereocenters. The molecule has 17 heavy (non-hydrogen) atoms. The van der Waals surface area contributed by atoms with Gasteiger partial charge >= 0.3 is 6.18 Å². The minimum atomic E-state index is -4.16. The van der Waals surface area contributed by atoms with Crippen LogP contribution < -0.4 is 0 Å². The predicted octanol–water partition coefficient (Wildman–Crippen LogP) is 1.42. The molecule has 1 saturated heterocycles. The highest BCUT2D eigenvalue weighted by Gasteiger charge is 2.30. The van der Waals surface area contributed by atoms with Crippen molar-refractivity contribution in [3.05, 3.63) is 0 Å². The van der Waals surface area contributed by atoms with E-state index in [1.807, 2.05) is 0 Å². The lowest BCUT2D eigenvalue weighted by Crippen LogP contribution is -2.44. The number of nitrogens with zero attached hydrogens (tertiary/aromatic N) is 2. The Morgan fingerprint density at radius 2 is 1.82 bits per heavy atom. The molecule has 0 amide bonds. The van der Waals surface area contributed by atoms with Crippen LogP contribution in [0.25, 0.3) is 0 Å². The second kappa shape index (κ2) is 7.41. The Morgan fingerprint density at radius 1 is 1.18 bits per heavy atom. The van der Waals surface area contributed by atoms with E-state index in [1.165, 1.54) is 4.90 Å². The normalized spacial score (nSPS) is 18.9. The van der Waals surface area contributed by atoms with Crippen LogP contribution in [-0.2, 0) is 4.74 Å². The maximum atomic E-state index is 12.3. The lowest BCUT2D eigenvalue weighted by atomic mass is 10.3. The standard InChI is InChI=1S/C10H18ClF3N2O/c11-1-2-16(9-10(12,13)14)4-3-15-5-7-17-8-6-15/h1-9H2. The predicted molar refractivity (Wildman–Crippen MR) is 60.5 cm³/mol. The fourth-order valence-electron chi connectivity index (χ4n) is 1.75. The molecule has 1 rings (SSSR count). The maximum absolute atomic E-state index is 12.3. The summed E-state index contributed by atoms with van der Waals surface area (Å²) in [6.45, 7) is 3.32. The zero-order chi connectivity index (χ0) is 12.7. The van der Waals surface area contributed by atoms with Gasteiger partial charge in [0.2, 0.25) is 0 Å². The Balaban J connectivity index is 2.27. The molecule has 0 bridgehead atoms. The van der Waals surface area contributed by atoms with Gasteiger partial charge in [-0.25, -0.2) is 0 Å². The number of alkyl halides is 4. The van der Waals surface area contributed by atoms with Crippen LogP contribution in [0.3, 0.4) is 0 Å². The third kappa shape index (κ3) is 7.08. The zero-order valence-corrected chi connectivity index (χ0v) is 10.4. The van der Waals surface area contributed by atoms with Crippen LogP contribution in [0.2, 0.25) is 0 Å². The van der Waals surface area contributed by atoms with Crippen molar-refractivity contribution in [3.63, 3.8) is 0 Å². The third-order valence-electron chi connectivity index (χ3n) is 2.64. The molecule has 1 heterocycles. The molecule has 1 fully saturated rings. The van der Waals surface area contributed by atoms with Crippen molar-refractivity contribution < 1.29 is 17.9 Å². The number of hydrogen-bond acceptors (Lipinski definition) is 3. The highest BCUT2D eigenvalue weighted by Crippen LogP contribution is 2.16. The zero-order valence-electron chi connectivity index (χ0n) is 9.68. The first-order valence-corrected chi connectivity index (χ1v) is 6.20. The van der Waals surface area contributed by atoms with E-state index in [1.54, 1.807) is 0 Å². The van der Waals surface area contributed by atoms with Gasteiger partial charge in [0.05, 0.1) is 19.8 Å². The van der Waals surface area contributed by atoms with Crippen molar-refractivity contribution in [1.29, 1.82) is 0 Å². The van der Waals surface area contributed by atoms with Gasteiger partial charge in [0, 0.05) is 38.6 Å². The molecule has 0 N–H and O–H groups in total. The summed E-state index contributed by atoms with van der Waals surface area (Å²) in [7, 11) is 0. The molecule has 1 aliphatic rings. The fourth-order valence-corrected chi connectivity index (χ4v) is 1.99. The first-order valence-electron chi connectivity index (χ1n) is 5.66. The van der Waals surface area contributed by atoms with Gasteiger partial charge in [0.1, 0.15) is 0 Å². The molecular weight excluding hydrogens is 257 g/mol. The average molecular weight is 275 g/mol. The Hall–Kier alpha value is -0.0400. The molecule has 3 nitrogen and oxygen atoms in total. The molecular formula is C10H18ClF3N2O. The lowest BCUT2D eigenvalue weighted by molar-refractivity contribution is -0.146. The Bertz CT molecular complexity index is 210. The number of morpholine rings is 1. The second-order valence-electron chi connectivity index (χ2n) is 4.03. The molecule has 0 aromatic carbocycles. The molecule has 0 aromatic heterocycles. The van der Waals surface area contributed by atoms with E-state index in [0.717, 1.165) is 13.1 Å². The number of rotatable bonds is 6. The molecule has 0 radical (unpaired) electrons. The monoisotopic (exact) mass is 274 g/mol. The van der Waals surface area contributed by atoms with Gasteiger partial charge in [-0.15, -0.1) is 11.6 Å². The Kier molecular flexibility index (Phi) is 6.54. The van der Waals surface area contributed by atoms with Crippen molar-refractivity contribution in [1.82, 2.24) is 9.80 Å². The van der Waals surface area contributed by atoms with Gasteiger partial charge in [-0.05, 0) is 0 Å². The molecule has 0 aromatic rings. The first-order chi connectivity index (χ1) is 8.01. The van der Waals surface area contributed by atoms with Crippen LogP contribution in [0.1, 0.15) is 0 Å². The molecule has 0 spiro atoms.